The van der Waals surface area contributed by atoms with Crippen LogP contribution in [0.1, 0.15) is 76.9 Å². The second-order valence-electron chi connectivity index (χ2n) is 6.99. The Hall–Kier alpha value is -2.09. The largest absolute Gasteiger partial charge is 0.458 e. The second-order valence-corrected chi connectivity index (χ2v) is 6.99. The average molecular weight is 353 g/mol. The summed E-state index contributed by atoms with van der Waals surface area (Å²) in [4.78, 5) is 12.0. The lowest BCUT2D eigenvalue weighted by Crippen LogP contribution is -2.08. The highest BCUT2D eigenvalue weighted by Crippen LogP contribution is 2.23. The first kappa shape index (κ1) is 20.2. The first-order chi connectivity index (χ1) is 12.7. The molecule has 0 aliphatic heterocycles. The molecular formula is C24H32O2. The molecule has 0 saturated heterocycles. The van der Waals surface area contributed by atoms with Crippen molar-refractivity contribution in [2.24, 2.45) is 0 Å². The number of unbranched alkanes of at least 4 members (excludes halogenated alkanes) is 6. The number of benzene rings is 2. The molecule has 0 aliphatic rings. The Kier molecular flexibility index (Phi) is 8.95. The fraction of sp³-hybridized carbons (Fsp3) is 0.458. The van der Waals surface area contributed by atoms with Crippen molar-refractivity contribution in [3.63, 3.8) is 0 Å². The van der Waals surface area contributed by atoms with Crippen LogP contribution in [0.25, 0.3) is 11.1 Å². The van der Waals surface area contributed by atoms with Gasteiger partial charge < -0.3 is 4.74 Å². The van der Waals surface area contributed by atoms with Crippen molar-refractivity contribution in [1.29, 1.82) is 0 Å². The predicted molar refractivity (Wildman–Crippen MR) is 109 cm³/mol. The molecule has 2 heteroatoms. The molecule has 2 rings (SSSR count). The van der Waals surface area contributed by atoms with Gasteiger partial charge in [0.25, 0.3) is 0 Å². The third-order valence-corrected chi connectivity index (χ3v) is 4.78. The number of esters is 1. The van der Waals surface area contributed by atoms with E-state index < -0.39 is 0 Å². The molecule has 2 aromatic rings. The maximum atomic E-state index is 12.0. The first-order valence-electron chi connectivity index (χ1n) is 10.1. The molecule has 0 amide bonds. The summed E-state index contributed by atoms with van der Waals surface area (Å²) in [6, 6.07) is 18.6. The van der Waals surface area contributed by atoms with Crippen LogP contribution in [0.2, 0.25) is 0 Å². The summed E-state index contributed by atoms with van der Waals surface area (Å²) in [6.07, 6.45) is 8.81. The van der Waals surface area contributed by atoms with Crippen molar-refractivity contribution in [3.8, 4) is 11.1 Å². The van der Waals surface area contributed by atoms with Gasteiger partial charge in [-0.3, -0.25) is 4.79 Å². The van der Waals surface area contributed by atoms with Gasteiger partial charge in [-0.1, -0.05) is 100 Å². The predicted octanol–water partition coefficient (Wildman–Crippen LogP) is 7.10. The molecule has 1 atom stereocenters. The lowest BCUT2D eigenvalue weighted by atomic mass is 10.0. The van der Waals surface area contributed by atoms with E-state index >= 15 is 0 Å². The minimum absolute atomic E-state index is 0.0850. The minimum Gasteiger partial charge on any atom is -0.458 e. The van der Waals surface area contributed by atoms with Crippen LogP contribution in [-0.4, -0.2) is 5.97 Å². The average Bonchev–Trinajstić information content (AvgIpc) is 2.68. The van der Waals surface area contributed by atoms with E-state index in [1.165, 1.54) is 43.2 Å². The van der Waals surface area contributed by atoms with Crippen molar-refractivity contribution < 1.29 is 9.53 Å². The van der Waals surface area contributed by atoms with Gasteiger partial charge in [0.05, 0.1) is 0 Å². The quantitative estimate of drug-likeness (QED) is 0.318. The molecule has 2 aromatic carbocycles. The Morgan fingerprint density at radius 3 is 2.04 bits per heavy atom. The van der Waals surface area contributed by atoms with E-state index in [-0.39, 0.29) is 12.1 Å². The molecule has 0 bridgehead atoms. The summed E-state index contributed by atoms with van der Waals surface area (Å²) >= 11 is 0. The summed E-state index contributed by atoms with van der Waals surface area (Å²) in [5, 5.41) is 0. The summed E-state index contributed by atoms with van der Waals surface area (Å²) in [5.41, 5.74) is 3.41. The third kappa shape index (κ3) is 7.03. The monoisotopic (exact) mass is 352 g/mol. The van der Waals surface area contributed by atoms with Gasteiger partial charge in [0, 0.05) is 6.42 Å². The van der Waals surface area contributed by atoms with Crippen molar-refractivity contribution >= 4 is 5.97 Å². The van der Waals surface area contributed by atoms with E-state index in [9.17, 15) is 4.79 Å². The number of rotatable bonds is 11. The van der Waals surface area contributed by atoms with E-state index in [0.29, 0.717) is 6.42 Å². The van der Waals surface area contributed by atoms with Gasteiger partial charge in [0.1, 0.15) is 6.10 Å². The van der Waals surface area contributed by atoms with Crippen molar-refractivity contribution in [1.82, 2.24) is 0 Å². The van der Waals surface area contributed by atoms with Crippen LogP contribution >= 0.6 is 0 Å². The highest BCUT2D eigenvalue weighted by atomic mass is 16.5. The topological polar surface area (TPSA) is 26.3 Å². The van der Waals surface area contributed by atoms with E-state index in [4.69, 9.17) is 4.74 Å². The number of hydrogen-bond acceptors (Lipinski definition) is 2. The van der Waals surface area contributed by atoms with E-state index in [0.717, 1.165) is 18.4 Å². The molecule has 0 fully saturated rings. The Morgan fingerprint density at radius 1 is 0.808 bits per heavy atom. The molecule has 26 heavy (non-hydrogen) atoms. The zero-order valence-corrected chi connectivity index (χ0v) is 16.2. The maximum Gasteiger partial charge on any atom is 0.306 e. The summed E-state index contributed by atoms with van der Waals surface area (Å²) in [5.74, 6) is -0.0850. The highest BCUT2D eigenvalue weighted by molar-refractivity contribution is 5.69. The van der Waals surface area contributed by atoms with Crippen LogP contribution in [0.15, 0.2) is 54.6 Å². The molecule has 0 saturated carbocycles. The van der Waals surface area contributed by atoms with Crippen molar-refractivity contribution in [3.05, 3.63) is 60.2 Å². The van der Waals surface area contributed by atoms with E-state index in [1.807, 2.05) is 37.3 Å². The maximum absolute atomic E-state index is 12.0. The molecule has 0 aromatic heterocycles. The molecule has 1 unspecified atom stereocenters. The zero-order valence-electron chi connectivity index (χ0n) is 16.2. The summed E-state index contributed by atoms with van der Waals surface area (Å²) < 4.78 is 5.59. The Morgan fingerprint density at radius 2 is 1.38 bits per heavy atom. The Balaban J connectivity index is 1.71. The van der Waals surface area contributed by atoms with Crippen LogP contribution in [0.4, 0.5) is 0 Å². The molecule has 0 spiro atoms. The van der Waals surface area contributed by atoms with Gasteiger partial charge in [-0.2, -0.15) is 0 Å². The van der Waals surface area contributed by atoms with Crippen LogP contribution in [0.5, 0.6) is 0 Å². The Labute approximate surface area is 158 Å². The molecule has 0 heterocycles. The lowest BCUT2D eigenvalue weighted by molar-refractivity contribution is -0.148. The minimum atomic E-state index is -0.197. The van der Waals surface area contributed by atoms with E-state index in [1.54, 1.807) is 0 Å². The highest BCUT2D eigenvalue weighted by Gasteiger charge is 2.11. The smallest absolute Gasteiger partial charge is 0.306 e. The van der Waals surface area contributed by atoms with Crippen LogP contribution in [0, 0.1) is 0 Å². The number of carbonyl (C=O) groups excluding carboxylic acids is 1. The van der Waals surface area contributed by atoms with Crippen LogP contribution in [0.3, 0.4) is 0 Å². The van der Waals surface area contributed by atoms with Gasteiger partial charge in [-0.15, -0.1) is 0 Å². The number of hydrogen-bond donors (Lipinski definition) is 0. The molecule has 0 N–H and O–H groups in total. The first-order valence-corrected chi connectivity index (χ1v) is 10.1. The molecule has 2 nitrogen and oxygen atoms in total. The van der Waals surface area contributed by atoms with Gasteiger partial charge >= 0.3 is 5.97 Å². The SMILES string of the molecule is CCCCCCCCCC(=O)OC(C)c1ccc(-c2ccccc2)cc1. The summed E-state index contributed by atoms with van der Waals surface area (Å²) in [6.45, 7) is 4.17. The normalized spacial score (nSPS) is 11.9. The third-order valence-electron chi connectivity index (χ3n) is 4.78. The molecule has 0 radical (unpaired) electrons. The van der Waals surface area contributed by atoms with Crippen LogP contribution in [-0.2, 0) is 9.53 Å². The fourth-order valence-electron chi connectivity index (χ4n) is 3.13. The Bertz CT molecular complexity index is 631. The lowest BCUT2D eigenvalue weighted by Gasteiger charge is -2.14. The van der Waals surface area contributed by atoms with Crippen molar-refractivity contribution in [2.45, 2.75) is 71.3 Å². The van der Waals surface area contributed by atoms with Gasteiger partial charge in [-0.05, 0) is 30.0 Å². The van der Waals surface area contributed by atoms with Crippen molar-refractivity contribution in [2.75, 3.05) is 0 Å². The standard InChI is InChI=1S/C24H32O2/c1-3-4-5-6-7-8-12-15-24(25)26-20(2)21-16-18-23(19-17-21)22-13-10-9-11-14-22/h9-11,13-14,16-20H,3-8,12,15H2,1-2H3. The number of ether oxygens (including phenoxy) is 1. The molecular weight excluding hydrogens is 320 g/mol. The zero-order chi connectivity index (χ0) is 18.6. The molecule has 0 aliphatic carbocycles. The van der Waals surface area contributed by atoms with E-state index in [2.05, 4.69) is 31.2 Å². The second kappa shape index (κ2) is 11.5. The fourth-order valence-corrected chi connectivity index (χ4v) is 3.13. The van der Waals surface area contributed by atoms with Gasteiger partial charge in [0.15, 0.2) is 0 Å². The summed E-state index contributed by atoms with van der Waals surface area (Å²) in [7, 11) is 0. The van der Waals surface area contributed by atoms with Crippen LogP contribution < -0.4 is 0 Å². The van der Waals surface area contributed by atoms with Gasteiger partial charge in [-0.25, -0.2) is 0 Å². The number of carbonyl (C=O) groups is 1. The van der Waals surface area contributed by atoms with Gasteiger partial charge in [0.2, 0.25) is 0 Å². The molecule has 140 valence electrons.